The van der Waals surface area contributed by atoms with E-state index < -0.39 is 10.0 Å². The first kappa shape index (κ1) is 21.4. The van der Waals surface area contributed by atoms with Gasteiger partial charge in [-0.3, -0.25) is 9.69 Å². The summed E-state index contributed by atoms with van der Waals surface area (Å²) in [6, 6.07) is 16.2. The first-order valence-electron chi connectivity index (χ1n) is 9.63. The first-order chi connectivity index (χ1) is 14.7. The summed E-state index contributed by atoms with van der Waals surface area (Å²) in [5.41, 5.74) is 2.65. The highest BCUT2D eigenvalue weighted by Crippen LogP contribution is 2.30. The number of hydrogen-bond donors (Lipinski definition) is 2. The fourth-order valence-corrected chi connectivity index (χ4v) is 4.94. The zero-order valence-corrected chi connectivity index (χ0v) is 18.7. The van der Waals surface area contributed by atoms with E-state index >= 15 is 0 Å². The second kappa shape index (κ2) is 8.35. The maximum Gasteiger partial charge on any atom is 0.260 e. The molecule has 2 aromatic carbocycles. The molecule has 4 rings (SSSR count). The predicted octanol–water partition coefficient (Wildman–Crippen LogP) is 3.49. The molecule has 160 valence electrons. The Labute approximate surface area is 184 Å². The number of H-pyrrole nitrogens is 1. The zero-order chi connectivity index (χ0) is 22.2. The molecule has 0 aliphatic carbocycles. The van der Waals surface area contributed by atoms with Gasteiger partial charge in [0.1, 0.15) is 10.7 Å². The van der Waals surface area contributed by atoms with Gasteiger partial charge < -0.3 is 4.98 Å². The molecule has 7 nitrogen and oxygen atoms in total. The number of primary sulfonamides is 1. The number of rotatable bonds is 6. The van der Waals surface area contributed by atoms with E-state index in [1.54, 1.807) is 12.1 Å². The molecular weight excluding hydrogens is 432 g/mol. The Balaban J connectivity index is 1.58. The number of benzene rings is 2. The van der Waals surface area contributed by atoms with Crippen molar-refractivity contribution in [3.63, 3.8) is 0 Å². The average Bonchev–Trinajstić information content (AvgIpc) is 3.18. The molecule has 0 fully saturated rings. The number of nitrogens with two attached hydrogens (primary N) is 1. The molecule has 0 aliphatic rings. The monoisotopic (exact) mass is 454 g/mol. The van der Waals surface area contributed by atoms with Crippen molar-refractivity contribution in [1.29, 1.82) is 0 Å². The Bertz CT molecular complexity index is 1380. The van der Waals surface area contributed by atoms with Gasteiger partial charge in [-0.2, -0.15) is 0 Å². The van der Waals surface area contributed by atoms with Gasteiger partial charge in [-0.25, -0.2) is 18.5 Å². The molecule has 0 radical (unpaired) electrons. The van der Waals surface area contributed by atoms with E-state index in [1.165, 1.54) is 23.5 Å². The van der Waals surface area contributed by atoms with Crippen molar-refractivity contribution < 1.29 is 8.42 Å². The summed E-state index contributed by atoms with van der Waals surface area (Å²) in [7, 11) is -1.80. The van der Waals surface area contributed by atoms with E-state index in [1.807, 2.05) is 54.6 Å². The normalized spacial score (nSPS) is 13.0. The molecule has 0 amide bonds. The summed E-state index contributed by atoms with van der Waals surface area (Å²) < 4.78 is 22.9. The molecule has 0 aliphatic heterocycles. The maximum absolute atomic E-state index is 12.8. The van der Waals surface area contributed by atoms with Crippen LogP contribution in [0.1, 0.15) is 24.4 Å². The average molecular weight is 455 g/mol. The van der Waals surface area contributed by atoms with Gasteiger partial charge in [-0.05, 0) is 37.2 Å². The molecule has 2 aromatic heterocycles. The standard InChI is InChI=1S/C22H22N4O3S2/c1-14(15-8-10-17(11-9-15)31(23,28)29)26(2)12-19-24-21(27)20-18(13-30-22(20)25-19)16-6-4-3-5-7-16/h3-11,13-14H,12H2,1-2H3,(H2,23,28,29)(H,24,25,27). The van der Waals surface area contributed by atoms with E-state index in [2.05, 4.69) is 9.97 Å². The largest absolute Gasteiger partial charge is 0.309 e. The van der Waals surface area contributed by atoms with Gasteiger partial charge in [-0.15, -0.1) is 11.3 Å². The summed E-state index contributed by atoms with van der Waals surface area (Å²) in [4.78, 5) is 23.2. The van der Waals surface area contributed by atoms with Gasteiger partial charge in [0.25, 0.3) is 5.56 Å². The molecule has 0 spiro atoms. The minimum absolute atomic E-state index is 0.0289. The Morgan fingerprint density at radius 2 is 1.81 bits per heavy atom. The zero-order valence-electron chi connectivity index (χ0n) is 17.1. The number of sulfonamides is 1. The molecule has 1 atom stereocenters. The number of thiophene rings is 1. The van der Waals surface area contributed by atoms with Crippen molar-refractivity contribution in [1.82, 2.24) is 14.9 Å². The minimum Gasteiger partial charge on any atom is -0.309 e. The van der Waals surface area contributed by atoms with Gasteiger partial charge in [0.05, 0.1) is 16.8 Å². The van der Waals surface area contributed by atoms with Crippen molar-refractivity contribution in [2.24, 2.45) is 5.14 Å². The lowest BCUT2D eigenvalue weighted by atomic mass is 10.1. The van der Waals surface area contributed by atoms with Crippen LogP contribution in [-0.4, -0.2) is 30.3 Å². The number of aromatic nitrogens is 2. The molecular formula is C22H22N4O3S2. The highest BCUT2D eigenvalue weighted by molar-refractivity contribution is 7.89. The third-order valence-corrected chi connectivity index (χ3v) is 7.13. The summed E-state index contributed by atoms with van der Waals surface area (Å²) in [5.74, 6) is 0.578. The topological polar surface area (TPSA) is 109 Å². The van der Waals surface area contributed by atoms with E-state index in [9.17, 15) is 13.2 Å². The second-order valence-corrected chi connectivity index (χ2v) is 9.83. The molecule has 1 unspecified atom stereocenters. The molecule has 31 heavy (non-hydrogen) atoms. The SMILES string of the molecule is CC(c1ccc(S(N)(=O)=O)cc1)N(C)Cc1nc2scc(-c3ccccc3)c2c(=O)[nH]1. The lowest BCUT2D eigenvalue weighted by Gasteiger charge is -2.24. The summed E-state index contributed by atoms with van der Waals surface area (Å²) >= 11 is 1.45. The number of aromatic amines is 1. The highest BCUT2D eigenvalue weighted by atomic mass is 32.2. The lowest BCUT2D eigenvalue weighted by Crippen LogP contribution is -2.25. The molecule has 0 saturated carbocycles. The fraction of sp³-hybridized carbons (Fsp3) is 0.182. The maximum atomic E-state index is 12.8. The molecule has 0 saturated heterocycles. The molecule has 2 heterocycles. The number of fused-ring (bicyclic) bond motifs is 1. The number of nitrogens with one attached hydrogen (secondary N) is 1. The summed E-state index contributed by atoms with van der Waals surface area (Å²) in [6.07, 6.45) is 0. The van der Waals surface area contributed by atoms with Crippen molar-refractivity contribution in [2.45, 2.75) is 24.4 Å². The smallest absolute Gasteiger partial charge is 0.260 e. The Hall–Kier alpha value is -2.85. The molecule has 3 N–H and O–H groups in total. The van der Waals surface area contributed by atoms with Crippen LogP contribution in [0.4, 0.5) is 0 Å². The van der Waals surface area contributed by atoms with Gasteiger partial charge in [0.2, 0.25) is 10.0 Å². The van der Waals surface area contributed by atoms with E-state index in [-0.39, 0.29) is 16.5 Å². The van der Waals surface area contributed by atoms with Crippen molar-refractivity contribution in [3.05, 3.63) is 81.7 Å². The van der Waals surface area contributed by atoms with E-state index in [0.29, 0.717) is 22.6 Å². The van der Waals surface area contributed by atoms with Crippen molar-refractivity contribution >= 4 is 31.6 Å². The Morgan fingerprint density at radius 1 is 1.13 bits per heavy atom. The van der Waals surface area contributed by atoms with Gasteiger partial charge >= 0.3 is 0 Å². The van der Waals surface area contributed by atoms with Crippen LogP contribution >= 0.6 is 11.3 Å². The van der Waals surface area contributed by atoms with Crippen LogP contribution in [0, 0.1) is 0 Å². The lowest BCUT2D eigenvalue weighted by molar-refractivity contribution is 0.247. The Kier molecular flexibility index (Phi) is 5.76. The minimum atomic E-state index is -3.72. The molecule has 9 heteroatoms. The number of hydrogen-bond acceptors (Lipinski definition) is 6. The van der Waals surface area contributed by atoms with Crippen LogP contribution in [0.5, 0.6) is 0 Å². The van der Waals surface area contributed by atoms with Crippen LogP contribution in [0.3, 0.4) is 0 Å². The van der Waals surface area contributed by atoms with Gasteiger partial charge in [0, 0.05) is 17.0 Å². The predicted molar refractivity (Wildman–Crippen MR) is 123 cm³/mol. The summed E-state index contributed by atoms with van der Waals surface area (Å²) in [6.45, 7) is 2.43. The van der Waals surface area contributed by atoms with Crippen LogP contribution in [0.2, 0.25) is 0 Å². The molecule has 4 aromatic rings. The van der Waals surface area contributed by atoms with E-state index in [0.717, 1.165) is 16.7 Å². The number of nitrogens with zero attached hydrogens (tertiary/aromatic N) is 2. The van der Waals surface area contributed by atoms with Crippen LogP contribution in [0.15, 0.2) is 69.7 Å². The highest BCUT2D eigenvalue weighted by Gasteiger charge is 2.17. The van der Waals surface area contributed by atoms with E-state index in [4.69, 9.17) is 5.14 Å². The van der Waals surface area contributed by atoms with Crippen LogP contribution in [0.25, 0.3) is 21.3 Å². The van der Waals surface area contributed by atoms with Gasteiger partial charge in [0.15, 0.2) is 0 Å². The van der Waals surface area contributed by atoms with Crippen molar-refractivity contribution in [2.75, 3.05) is 7.05 Å². The van der Waals surface area contributed by atoms with Crippen LogP contribution in [-0.2, 0) is 16.6 Å². The molecule has 0 bridgehead atoms. The third-order valence-electron chi connectivity index (χ3n) is 5.33. The Morgan fingerprint density at radius 3 is 2.45 bits per heavy atom. The third kappa shape index (κ3) is 4.45. The van der Waals surface area contributed by atoms with Crippen LogP contribution < -0.4 is 10.7 Å². The van der Waals surface area contributed by atoms with Gasteiger partial charge in [-0.1, -0.05) is 42.5 Å². The first-order valence-corrected chi connectivity index (χ1v) is 12.1. The fourth-order valence-electron chi connectivity index (χ4n) is 3.46. The quantitative estimate of drug-likeness (QED) is 0.463. The summed E-state index contributed by atoms with van der Waals surface area (Å²) in [5, 5.41) is 7.73. The van der Waals surface area contributed by atoms with Crippen molar-refractivity contribution in [3.8, 4) is 11.1 Å². The second-order valence-electron chi connectivity index (χ2n) is 7.41.